The Kier molecular flexibility index (Phi) is 7.60. The number of nitrogens with zero attached hydrogens (tertiary/aromatic N) is 1. The summed E-state index contributed by atoms with van der Waals surface area (Å²) in [5.41, 5.74) is 2.36. The summed E-state index contributed by atoms with van der Waals surface area (Å²) < 4.78 is 31.6. The molecule has 0 bridgehead atoms. The van der Waals surface area contributed by atoms with Gasteiger partial charge in [0.1, 0.15) is 5.00 Å². The van der Waals surface area contributed by atoms with E-state index in [0.29, 0.717) is 23.5 Å². The highest BCUT2D eigenvalue weighted by Crippen LogP contribution is 2.38. The molecule has 0 aliphatic carbocycles. The van der Waals surface area contributed by atoms with Gasteiger partial charge >= 0.3 is 5.97 Å². The van der Waals surface area contributed by atoms with E-state index in [1.165, 1.54) is 30.1 Å². The van der Waals surface area contributed by atoms with Gasteiger partial charge in [-0.2, -0.15) is 0 Å². The van der Waals surface area contributed by atoms with Crippen molar-refractivity contribution in [2.75, 3.05) is 19.0 Å². The number of anilines is 1. The number of ether oxygens (including phenoxy) is 1. The third-order valence-corrected chi connectivity index (χ3v) is 6.32. The second kappa shape index (κ2) is 10.2. The van der Waals surface area contributed by atoms with Gasteiger partial charge in [-0.05, 0) is 35.7 Å². The minimum absolute atomic E-state index is 0. The number of esters is 1. The molecule has 1 aliphatic rings. The predicted molar refractivity (Wildman–Crippen MR) is 121 cm³/mol. The molecule has 3 aromatic rings. The summed E-state index contributed by atoms with van der Waals surface area (Å²) in [7, 11) is 1.29. The van der Waals surface area contributed by atoms with Crippen molar-refractivity contribution in [1.82, 2.24) is 4.90 Å². The van der Waals surface area contributed by atoms with Gasteiger partial charge in [0, 0.05) is 30.1 Å². The fourth-order valence-electron chi connectivity index (χ4n) is 3.65. The third kappa shape index (κ3) is 4.98. The molecule has 0 saturated heterocycles. The van der Waals surface area contributed by atoms with Crippen LogP contribution in [0.5, 0.6) is 0 Å². The number of hydrogen-bond donors (Lipinski definition) is 1. The minimum Gasteiger partial charge on any atom is -0.465 e. The van der Waals surface area contributed by atoms with Crippen LogP contribution in [0, 0.1) is 11.6 Å². The second-order valence-electron chi connectivity index (χ2n) is 7.23. The van der Waals surface area contributed by atoms with Crippen LogP contribution in [0.4, 0.5) is 13.8 Å². The van der Waals surface area contributed by atoms with Crippen molar-refractivity contribution in [2.24, 2.45) is 0 Å². The Labute approximate surface area is 194 Å². The Hall–Kier alpha value is -2.81. The average Bonchev–Trinajstić information content (AvgIpc) is 3.12. The van der Waals surface area contributed by atoms with E-state index in [9.17, 15) is 18.4 Å². The zero-order chi connectivity index (χ0) is 22.0. The van der Waals surface area contributed by atoms with Gasteiger partial charge in [0.05, 0.1) is 12.7 Å². The molecular formula is C23H21ClF2N2O3S. The first kappa shape index (κ1) is 23.8. The van der Waals surface area contributed by atoms with Crippen molar-refractivity contribution in [3.8, 4) is 0 Å². The van der Waals surface area contributed by atoms with Gasteiger partial charge in [-0.15, -0.1) is 23.7 Å². The van der Waals surface area contributed by atoms with Crippen molar-refractivity contribution in [3.63, 3.8) is 0 Å². The van der Waals surface area contributed by atoms with Gasteiger partial charge in [-0.25, -0.2) is 13.6 Å². The number of benzene rings is 2. The van der Waals surface area contributed by atoms with Crippen molar-refractivity contribution in [2.45, 2.75) is 19.5 Å². The Morgan fingerprint density at radius 1 is 1.12 bits per heavy atom. The van der Waals surface area contributed by atoms with E-state index in [-0.39, 0.29) is 18.0 Å². The lowest BCUT2D eigenvalue weighted by atomic mass is 10.0. The first-order chi connectivity index (χ1) is 15.0. The number of carbonyl (C=O) groups is 2. The largest absolute Gasteiger partial charge is 0.465 e. The molecule has 1 aromatic heterocycles. The van der Waals surface area contributed by atoms with Crippen LogP contribution in [0.25, 0.3) is 0 Å². The van der Waals surface area contributed by atoms with Crippen LogP contribution in [-0.4, -0.2) is 30.4 Å². The molecule has 2 aromatic carbocycles. The lowest BCUT2D eigenvalue weighted by Crippen LogP contribution is -2.29. The van der Waals surface area contributed by atoms with Gasteiger partial charge in [0.2, 0.25) is 0 Å². The maximum absolute atomic E-state index is 13.5. The summed E-state index contributed by atoms with van der Waals surface area (Å²) in [4.78, 5) is 28.3. The quantitative estimate of drug-likeness (QED) is 0.522. The molecule has 5 nitrogen and oxygen atoms in total. The van der Waals surface area contributed by atoms with Crippen molar-refractivity contribution < 1.29 is 23.1 Å². The molecule has 0 spiro atoms. The number of hydrogen-bond acceptors (Lipinski definition) is 5. The minimum atomic E-state index is -1.11. The van der Waals surface area contributed by atoms with Crippen LogP contribution in [0.15, 0.2) is 48.5 Å². The molecule has 1 amide bonds. The number of rotatable bonds is 5. The lowest BCUT2D eigenvalue weighted by Gasteiger charge is -2.27. The number of methoxy groups -OCH3 is 1. The molecule has 1 aliphatic heterocycles. The summed E-state index contributed by atoms with van der Waals surface area (Å²) in [6, 6.07) is 13.0. The molecule has 0 fully saturated rings. The molecule has 2 heterocycles. The second-order valence-corrected chi connectivity index (χ2v) is 8.33. The van der Waals surface area contributed by atoms with E-state index < -0.39 is 23.5 Å². The lowest BCUT2D eigenvalue weighted by molar-refractivity contribution is 0.0600. The molecule has 0 radical (unpaired) electrons. The van der Waals surface area contributed by atoms with Crippen molar-refractivity contribution in [1.29, 1.82) is 0 Å². The van der Waals surface area contributed by atoms with Crippen LogP contribution in [0.1, 0.15) is 36.7 Å². The fraction of sp³-hybridized carbons (Fsp3) is 0.217. The predicted octanol–water partition coefficient (Wildman–Crippen LogP) is 5.05. The summed E-state index contributed by atoms with van der Waals surface area (Å²) >= 11 is 1.31. The van der Waals surface area contributed by atoms with Gasteiger partial charge in [0.15, 0.2) is 11.6 Å². The number of fused-ring (bicyclic) bond motifs is 1. The SMILES string of the molecule is COC(=O)c1c(NC(=O)c2ccc(F)c(F)c2)sc2c1CCN(Cc1ccccc1)C2.Cl. The van der Waals surface area contributed by atoms with Crippen LogP contribution in [-0.2, 0) is 24.2 Å². The zero-order valence-corrected chi connectivity index (χ0v) is 18.8. The van der Waals surface area contributed by atoms with E-state index in [1.54, 1.807) is 0 Å². The maximum atomic E-state index is 13.5. The van der Waals surface area contributed by atoms with Gasteiger partial charge in [0.25, 0.3) is 5.91 Å². The van der Waals surface area contributed by atoms with Gasteiger partial charge in [-0.3, -0.25) is 9.69 Å². The molecular weight excluding hydrogens is 458 g/mol. The Morgan fingerprint density at radius 3 is 2.56 bits per heavy atom. The first-order valence-electron chi connectivity index (χ1n) is 9.71. The van der Waals surface area contributed by atoms with E-state index in [0.717, 1.165) is 35.7 Å². The molecule has 9 heteroatoms. The number of halogens is 3. The van der Waals surface area contributed by atoms with Gasteiger partial charge in [-0.1, -0.05) is 30.3 Å². The monoisotopic (exact) mass is 478 g/mol. The molecule has 1 N–H and O–H groups in total. The molecule has 168 valence electrons. The average molecular weight is 479 g/mol. The van der Waals surface area contributed by atoms with E-state index in [4.69, 9.17) is 4.74 Å². The smallest absolute Gasteiger partial charge is 0.341 e. The summed E-state index contributed by atoms with van der Waals surface area (Å²) in [5, 5.41) is 3.04. The van der Waals surface area contributed by atoms with Crippen LogP contribution in [0.2, 0.25) is 0 Å². The van der Waals surface area contributed by atoms with Crippen molar-refractivity contribution in [3.05, 3.63) is 87.3 Å². The molecule has 0 unspecified atom stereocenters. The normalized spacial score (nSPS) is 13.1. The van der Waals surface area contributed by atoms with Crippen LogP contribution >= 0.6 is 23.7 Å². The highest BCUT2D eigenvalue weighted by atomic mass is 35.5. The Balaban J connectivity index is 0.00000289. The number of nitrogens with one attached hydrogen (secondary N) is 1. The van der Waals surface area contributed by atoms with E-state index >= 15 is 0 Å². The highest BCUT2D eigenvalue weighted by Gasteiger charge is 2.29. The Morgan fingerprint density at radius 2 is 1.88 bits per heavy atom. The number of amides is 1. The standard InChI is InChI=1S/C23H20F2N2O3S.ClH/c1-30-23(29)20-16-9-10-27(12-14-5-3-2-4-6-14)13-19(16)31-22(20)26-21(28)15-7-8-17(24)18(25)11-15;/h2-8,11H,9-10,12-13H2,1H3,(H,26,28);1H. The first-order valence-corrected chi connectivity index (χ1v) is 10.5. The van der Waals surface area contributed by atoms with Gasteiger partial charge < -0.3 is 10.1 Å². The topological polar surface area (TPSA) is 58.6 Å². The number of thiophene rings is 1. The molecule has 0 atom stereocenters. The molecule has 4 rings (SSSR count). The maximum Gasteiger partial charge on any atom is 0.341 e. The van der Waals surface area contributed by atoms with Crippen molar-refractivity contribution >= 4 is 40.6 Å². The third-order valence-electron chi connectivity index (χ3n) is 5.18. The highest BCUT2D eigenvalue weighted by molar-refractivity contribution is 7.17. The number of carbonyl (C=O) groups excluding carboxylic acids is 2. The zero-order valence-electron chi connectivity index (χ0n) is 17.2. The summed E-state index contributed by atoms with van der Waals surface area (Å²) in [6.07, 6.45) is 0.643. The Bertz CT molecular complexity index is 1140. The van der Waals surface area contributed by atoms with E-state index in [2.05, 4.69) is 22.3 Å². The van der Waals surface area contributed by atoms with E-state index in [1.807, 2.05) is 18.2 Å². The molecule has 0 saturated carbocycles. The summed E-state index contributed by atoms with van der Waals surface area (Å²) in [6.45, 7) is 2.18. The fourth-order valence-corrected chi connectivity index (χ4v) is 4.92. The van der Waals surface area contributed by atoms with Crippen LogP contribution in [0.3, 0.4) is 0 Å². The summed E-state index contributed by atoms with van der Waals surface area (Å²) in [5.74, 6) is -3.29. The molecule has 32 heavy (non-hydrogen) atoms. The van der Waals surface area contributed by atoms with Crippen LogP contribution < -0.4 is 5.32 Å².